The van der Waals surface area contributed by atoms with Crippen LogP contribution in [-0.2, 0) is 14.8 Å². The fraction of sp³-hybridized carbons (Fsp3) is 0.160. The predicted molar refractivity (Wildman–Crippen MR) is 132 cm³/mol. The van der Waals surface area contributed by atoms with Crippen molar-refractivity contribution in [3.8, 4) is 0 Å². The molecule has 33 heavy (non-hydrogen) atoms. The van der Waals surface area contributed by atoms with Crippen molar-refractivity contribution in [2.45, 2.75) is 30.3 Å². The van der Waals surface area contributed by atoms with Gasteiger partial charge in [0.25, 0.3) is 0 Å². The second kappa shape index (κ2) is 9.43. The van der Waals surface area contributed by atoms with E-state index in [9.17, 15) is 18.3 Å². The van der Waals surface area contributed by atoms with E-state index in [1.54, 1.807) is 54.6 Å². The molecule has 0 saturated heterocycles. The molecule has 0 saturated carbocycles. The average Bonchev–Trinajstić information content (AvgIpc) is 2.78. The van der Waals surface area contributed by atoms with Crippen molar-refractivity contribution >= 4 is 43.5 Å². The second-order valence-electron chi connectivity index (χ2n) is 7.88. The molecule has 2 atom stereocenters. The highest BCUT2D eigenvalue weighted by Gasteiger charge is 2.44. The number of carboxylic acid groups (broad SMARTS) is 1. The largest absolute Gasteiger partial charge is 0.478 e. The number of sulfonamides is 1. The number of nitrogens with zero attached hydrogens (tertiary/aromatic N) is 1. The molecule has 0 amide bonds. The Kier molecular flexibility index (Phi) is 6.77. The van der Waals surface area contributed by atoms with E-state index < -0.39 is 28.1 Å². The highest BCUT2D eigenvalue weighted by atomic mass is 79.9. The Morgan fingerprint density at radius 3 is 2.33 bits per heavy atom. The highest BCUT2D eigenvalue weighted by Crippen LogP contribution is 2.46. The van der Waals surface area contributed by atoms with Crippen LogP contribution in [0.5, 0.6) is 0 Å². The first kappa shape index (κ1) is 23.7. The normalized spacial score (nSPS) is 19.2. The molecule has 0 bridgehead atoms. The van der Waals surface area contributed by atoms with Gasteiger partial charge in [-0.05, 0) is 60.9 Å². The van der Waals surface area contributed by atoms with Crippen molar-refractivity contribution in [1.29, 1.82) is 0 Å². The van der Waals surface area contributed by atoms with Gasteiger partial charge in [0.05, 0.1) is 22.6 Å². The van der Waals surface area contributed by atoms with Crippen LogP contribution in [0.1, 0.15) is 35.2 Å². The van der Waals surface area contributed by atoms with Gasteiger partial charge in [0.15, 0.2) is 0 Å². The first-order valence-corrected chi connectivity index (χ1v) is 12.8. The minimum atomic E-state index is -4.09. The van der Waals surface area contributed by atoms with E-state index in [2.05, 4.69) is 15.9 Å². The lowest BCUT2D eigenvalue weighted by atomic mass is 9.89. The van der Waals surface area contributed by atoms with Crippen molar-refractivity contribution in [1.82, 2.24) is 4.31 Å². The van der Waals surface area contributed by atoms with Gasteiger partial charge in [-0.25, -0.2) is 13.2 Å². The van der Waals surface area contributed by atoms with E-state index >= 15 is 0 Å². The lowest BCUT2D eigenvalue weighted by molar-refractivity contribution is -0.133. The highest BCUT2D eigenvalue weighted by molar-refractivity contribution is 9.10. The maximum atomic E-state index is 14.1. The smallest absolute Gasteiger partial charge is 0.333 e. The monoisotopic (exact) mass is 545 g/mol. The van der Waals surface area contributed by atoms with E-state index in [1.165, 1.54) is 4.31 Å². The molecule has 2 unspecified atom stereocenters. The van der Waals surface area contributed by atoms with Crippen molar-refractivity contribution in [3.63, 3.8) is 0 Å². The second-order valence-corrected chi connectivity index (χ2v) is 11.1. The summed E-state index contributed by atoms with van der Waals surface area (Å²) in [5, 5.41) is 10.4. The van der Waals surface area contributed by atoms with Gasteiger partial charge in [-0.1, -0.05) is 75.6 Å². The molecule has 8 heteroatoms. The fourth-order valence-corrected chi connectivity index (χ4v) is 6.51. The van der Waals surface area contributed by atoms with E-state index in [-0.39, 0.29) is 16.9 Å². The minimum absolute atomic E-state index is 0.000741. The molecule has 0 radical (unpaired) electrons. The summed E-state index contributed by atoms with van der Waals surface area (Å²) in [4.78, 5) is 12.3. The maximum Gasteiger partial charge on any atom is 0.333 e. The average molecular weight is 547 g/mol. The molecule has 0 fully saturated rings. The molecule has 0 aliphatic carbocycles. The number of hydrogen-bond donors (Lipinski definition) is 1. The zero-order valence-electron chi connectivity index (χ0n) is 17.7. The quantitative estimate of drug-likeness (QED) is 0.408. The van der Waals surface area contributed by atoms with Crippen molar-refractivity contribution in [3.05, 3.63) is 111 Å². The number of rotatable bonds is 5. The van der Waals surface area contributed by atoms with Crippen LogP contribution in [0.25, 0.3) is 0 Å². The molecule has 1 aliphatic heterocycles. The molecule has 0 spiro atoms. The number of carboxylic acids is 1. The van der Waals surface area contributed by atoms with Gasteiger partial charge < -0.3 is 5.11 Å². The minimum Gasteiger partial charge on any atom is -0.478 e. The molecular formula is C25H21BrClNO4S. The van der Waals surface area contributed by atoms with Gasteiger partial charge in [-0.15, -0.1) is 0 Å². The summed E-state index contributed by atoms with van der Waals surface area (Å²) in [6, 6.07) is 19.0. The molecular weight excluding hydrogens is 526 g/mol. The Balaban J connectivity index is 1.98. The van der Waals surface area contributed by atoms with Gasteiger partial charge in [0.1, 0.15) is 0 Å². The van der Waals surface area contributed by atoms with Crippen LogP contribution in [0.2, 0.25) is 5.02 Å². The molecule has 5 nitrogen and oxygen atoms in total. The first-order valence-electron chi connectivity index (χ1n) is 10.2. The molecule has 1 N–H and O–H groups in total. The fourth-order valence-electron chi connectivity index (χ4n) is 4.11. The Labute approximate surface area is 206 Å². The number of hydrogen-bond acceptors (Lipinski definition) is 3. The molecule has 3 aromatic carbocycles. The molecule has 170 valence electrons. The molecule has 4 rings (SSSR count). The number of halogens is 2. The Bertz CT molecular complexity index is 1340. The summed E-state index contributed by atoms with van der Waals surface area (Å²) >= 11 is 9.68. The Hall–Kier alpha value is -2.45. The van der Waals surface area contributed by atoms with Gasteiger partial charge in [-0.3, -0.25) is 0 Å². The summed E-state index contributed by atoms with van der Waals surface area (Å²) < 4.78 is 30.2. The Morgan fingerprint density at radius 2 is 1.70 bits per heavy atom. The molecule has 1 aliphatic rings. The van der Waals surface area contributed by atoms with E-state index in [0.717, 1.165) is 15.6 Å². The third-order valence-corrected chi connectivity index (χ3v) is 8.28. The van der Waals surface area contributed by atoms with Gasteiger partial charge >= 0.3 is 5.97 Å². The van der Waals surface area contributed by atoms with Crippen molar-refractivity contribution in [2.75, 3.05) is 0 Å². The lowest BCUT2D eigenvalue weighted by Gasteiger charge is -2.40. The van der Waals surface area contributed by atoms with Crippen LogP contribution in [0.15, 0.2) is 93.8 Å². The van der Waals surface area contributed by atoms with Crippen molar-refractivity contribution < 1.29 is 18.3 Å². The van der Waals surface area contributed by atoms with Crippen molar-refractivity contribution in [2.24, 2.45) is 0 Å². The zero-order valence-corrected chi connectivity index (χ0v) is 20.8. The van der Waals surface area contributed by atoms with Crippen LogP contribution in [-0.4, -0.2) is 23.8 Å². The Morgan fingerprint density at radius 1 is 1.03 bits per heavy atom. The van der Waals surface area contributed by atoms with Gasteiger partial charge in [0, 0.05) is 9.50 Å². The summed E-state index contributed by atoms with van der Waals surface area (Å²) in [5.41, 5.74) is 2.17. The van der Waals surface area contributed by atoms with Crippen LogP contribution >= 0.6 is 27.5 Å². The zero-order chi connectivity index (χ0) is 23.8. The number of benzene rings is 3. The third-order valence-electron chi connectivity index (χ3n) is 5.66. The standard InChI is InChI=1S/C25H21BrClNO4S/c1-16-8-10-21(11-9-16)33(31,32)28-23(17-4-2-6-19(26)14-17)13-12-22(25(29)30)24(28)18-5-3-7-20(27)15-18/h2-12,14-15,23-24H,13H2,1H3,(H,29,30). The SMILES string of the molecule is Cc1ccc(S(=O)(=O)N2C(c3cccc(Br)c3)CC=C(C(=O)O)C2c2cccc(Cl)c2)cc1. The van der Waals surface area contributed by atoms with E-state index in [4.69, 9.17) is 11.6 Å². The van der Waals surface area contributed by atoms with Crippen LogP contribution in [0.4, 0.5) is 0 Å². The summed E-state index contributed by atoms with van der Waals surface area (Å²) in [7, 11) is -4.09. The van der Waals surface area contributed by atoms with E-state index in [1.807, 2.05) is 31.2 Å². The first-order chi connectivity index (χ1) is 15.7. The summed E-state index contributed by atoms with van der Waals surface area (Å²) in [6.07, 6.45) is 1.83. The third kappa shape index (κ3) is 4.77. The summed E-state index contributed by atoms with van der Waals surface area (Å²) in [6.45, 7) is 1.88. The summed E-state index contributed by atoms with van der Waals surface area (Å²) in [5.74, 6) is -1.17. The van der Waals surface area contributed by atoms with Gasteiger partial charge in [0.2, 0.25) is 10.0 Å². The number of carbonyl (C=O) groups is 1. The number of aryl methyl sites for hydroxylation is 1. The lowest BCUT2D eigenvalue weighted by Crippen LogP contribution is -2.42. The van der Waals surface area contributed by atoms with Gasteiger partial charge in [-0.2, -0.15) is 4.31 Å². The topological polar surface area (TPSA) is 74.7 Å². The number of aliphatic carboxylic acids is 1. The van der Waals surface area contributed by atoms with Crippen LogP contribution in [0, 0.1) is 6.92 Å². The van der Waals surface area contributed by atoms with Crippen LogP contribution in [0.3, 0.4) is 0 Å². The maximum absolute atomic E-state index is 14.1. The van der Waals surface area contributed by atoms with E-state index in [0.29, 0.717) is 10.6 Å². The molecule has 0 aromatic heterocycles. The van der Waals surface area contributed by atoms with Crippen LogP contribution < -0.4 is 0 Å². The molecule has 3 aromatic rings. The molecule has 1 heterocycles. The predicted octanol–water partition coefficient (Wildman–Crippen LogP) is 6.30.